The SMILES string of the molecule is CNC(=O)NC(=O)CCN1CCCC1C(=O)OC. The molecule has 7 heteroatoms. The molecule has 1 aliphatic heterocycles. The Labute approximate surface area is 106 Å². The van der Waals surface area contributed by atoms with Crippen molar-refractivity contribution in [2.24, 2.45) is 0 Å². The van der Waals surface area contributed by atoms with Gasteiger partial charge in [-0.15, -0.1) is 0 Å². The first-order chi connectivity index (χ1) is 8.58. The molecule has 1 heterocycles. The van der Waals surface area contributed by atoms with Gasteiger partial charge in [0.2, 0.25) is 5.91 Å². The molecule has 0 bridgehead atoms. The molecule has 1 unspecified atom stereocenters. The molecular formula is C11H19N3O4. The number of urea groups is 1. The Morgan fingerprint density at radius 2 is 2.11 bits per heavy atom. The van der Waals surface area contributed by atoms with E-state index in [0.29, 0.717) is 6.54 Å². The lowest BCUT2D eigenvalue weighted by molar-refractivity contribution is -0.146. The van der Waals surface area contributed by atoms with Crippen LogP contribution in [0.5, 0.6) is 0 Å². The van der Waals surface area contributed by atoms with Gasteiger partial charge in [0.15, 0.2) is 0 Å². The summed E-state index contributed by atoms with van der Waals surface area (Å²) in [5.74, 6) is -0.621. The maximum absolute atomic E-state index is 11.5. The van der Waals surface area contributed by atoms with Crippen LogP contribution in [0.25, 0.3) is 0 Å². The quantitative estimate of drug-likeness (QED) is 0.661. The van der Waals surface area contributed by atoms with Gasteiger partial charge in [-0.2, -0.15) is 0 Å². The third-order valence-electron chi connectivity index (χ3n) is 2.94. The Morgan fingerprint density at radius 1 is 1.39 bits per heavy atom. The molecule has 0 aliphatic carbocycles. The van der Waals surface area contributed by atoms with Crippen molar-refractivity contribution in [3.8, 4) is 0 Å². The monoisotopic (exact) mass is 257 g/mol. The summed E-state index contributed by atoms with van der Waals surface area (Å²) in [7, 11) is 2.80. The van der Waals surface area contributed by atoms with E-state index < -0.39 is 6.03 Å². The van der Waals surface area contributed by atoms with Crippen LogP contribution >= 0.6 is 0 Å². The molecule has 0 aromatic carbocycles. The van der Waals surface area contributed by atoms with Crippen LogP contribution in [0.1, 0.15) is 19.3 Å². The van der Waals surface area contributed by atoms with Crippen molar-refractivity contribution in [2.45, 2.75) is 25.3 Å². The molecule has 0 aromatic heterocycles. The van der Waals surface area contributed by atoms with E-state index in [1.165, 1.54) is 14.2 Å². The highest BCUT2D eigenvalue weighted by Crippen LogP contribution is 2.18. The van der Waals surface area contributed by atoms with Gasteiger partial charge in [-0.05, 0) is 19.4 Å². The van der Waals surface area contributed by atoms with Crippen LogP contribution in [-0.2, 0) is 14.3 Å². The molecule has 2 N–H and O–H groups in total. The van der Waals surface area contributed by atoms with Crippen molar-refractivity contribution < 1.29 is 19.1 Å². The van der Waals surface area contributed by atoms with Gasteiger partial charge in [-0.1, -0.05) is 0 Å². The summed E-state index contributed by atoms with van der Waals surface area (Å²) < 4.78 is 4.71. The highest BCUT2D eigenvalue weighted by atomic mass is 16.5. The van der Waals surface area contributed by atoms with Gasteiger partial charge in [0.05, 0.1) is 7.11 Å². The first-order valence-electron chi connectivity index (χ1n) is 5.92. The molecule has 1 atom stereocenters. The summed E-state index contributed by atoms with van der Waals surface area (Å²) in [6, 6.07) is -0.784. The number of rotatable bonds is 4. The molecule has 0 spiro atoms. The smallest absolute Gasteiger partial charge is 0.323 e. The normalized spacial score (nSPS) is 19.3. The molecule has 7 nitrogen and oxygen atoms in total. The molecule has 0 saturated carbocycles. The van der Waals surface area contributed by atoms with E-state index in [1.54, 1.807) is 0 Å². The van der Waals surface area contributed by atoms with Crippen molar-refractivity contribution in [3.05, 3.63) is 0 Å². The van der Waals surface area contributed by atoms with Gasteiger partial charge in [0, 0.05) is 20.0 Å². The number of methoxy groups -OCH3 is 1. The second kappa shape index (κ2) is 6.95. The van der Waals surface area contributed by atoms with Crippen LogP contribution in [0.3, 0.4) is 0 Å². The molecule has 1 saturated heterocycles. The summed E-state index contributed by atoms with van der Waals surface area (Å²) in [6.45, 7) is 1.22. The zero-order valence-electron chi connectivity index (χ0n) is 10.7. The Kier molecular flexibility index (Phi) is 5.57. The number of amides is 3. The van der Waals surface area contributed by atoms with Gasteiger partial charge in [-0.3, -0.25) is 19.8 Å². The summed E-state index contributed by atoms with van der Waals surface area (Å²) in [4.78, 5) is 35.7. The molecule has 3 amide bonds. The van der Waals surface area contributed by atoms with Crippen molar-refractivity contribution >= 4 is 17.9 Å². The van der Waals surface area contributed by atoms with E-state index in [2.05, 4.69) is 10.6 Å². The average Bonchev–Trinajstić information content (AvgIpc) is 2.83. The van der Waals surface area contributed by atoms with Crippen LogP contribution in [0.2, 0.25) is 0 Å². The molecule has 102 valence electrons. The van der Waals surface area contributed by atoms with Crippen molar-refractivity contribution in [1.82, 2.24) is 15.5 Å². The van der Waals surface area contributed by atoms with E-state index in [4.69, 9.17) is 4.74 Å². The van der Waals surface area contributed by atoms with Crippen molar-refractivity contribution in [1.29, 1.82) is 0 Å². The maximum Gasteiger partial charge on any atom is 0.323 e. The number of ether oxygens (including phenoxy) is 1. The highest BCUT2D eigenvalue weighted by Gasteiger charge is 2.31. The third kappa shape index (κ3) is 3.99. The topological polar surface area (TPSA) is 87.7 Å². The summed E-state index contributed by atoms with van der Waals surface area (Å²) in [5, 5.41) is 4.48. The van der Waals surface area contributed by atoms with E-state index in [0.717, 1.165) is 19.4 Å². The lowest BCUT2D eigenvalue weighted by atomic mass is 10.2. The summed E-state index contributed by atoms with van der Waals surface area (Å²) in [5.41, 5.74) is 0. The van der Waals surface area contributed by atoms with E-state index in [1.807, 2.05) is 4.90 Å². The van der Waals surface area contributed by atoms with Gasteiger partial charge < -0.3 is 10.1 Å². The number of carbonyl (C=O) groups excluding carboxylic acids is 3. The number of nitrogens with one attached hydrogen (secondary N) is 2. The van der Waals surface area contributed by atoms with Crippen LogP contribution in [0.4, 0.5) is 4.79 Å². The summed E-state index contributed by atoms with van der Waals surface area (Å²) in [6.07, 6.45) is 1.85. The van der Waals surface area contributed by atoms with Crippen molar-refractivity contribution in [2.75, 3.05) is 27.2 Å². The number of hydrogen-bond acceptors (Lipinski definition) is 5. The highest BCUT2D eigenvalue weighted by molar-refractivity contribution is 5.94. The Morgan fingerprint density at radius 3 is 2.72 bits per heavy atom. The fourth-order valence-corrected chi connectivity index (χ4v) is 1.99. The van der Waals surface area contributed by atoms with Gasteiger partial charge in [0.25, 0.3) is 0 Å². The predicted molar refractivity (Wildman–Crippen MR) is 63.8 cm³/mol. The van der Waals surface area contributed by atoms with E-state index >= 15 is 0 Å². The Hall–Kier alpha value is -1.63. The number of esters is 1. The second-order valence-electron chi connectivity index (χ2n) is 4.09. The van der Waals surface area contributed by atoms with Gasteiger partial charge in [-0.25, -0.2) is 4.79 Å². The lowest BCUT2D eigenvalue weighted by Crippen LogP contribution is -2.41. The average molecular weight is 257 g/mol. The first-order valence-corrected chi connectivity index (χ1v) is 5.92. The largest absolute Gasteiger partial charge is 0.468 e. The van der Waals surface area contributed by atoms with Crippen LogP contribution in [0.15, 0.2) is 0 Å². The number of carbonyl (C=O) groups is 3. The minimum Gasteiger partial charge on any atom is -0.468 e. The molecule has 0 radical (unpaired) electrons. The fourth-order valence-electron chi connectivity index (χ4n) is 1.99. The summed E-state index contributed by atoms with van der Waals surface area (Å²) >= 11 is 0. The van der Waals surface area contributed by atoms with Crippen LogP contribution in [0, 0.1) is 0 Å². The number of hydrogen-bond donors (Lipinski definition) is 2. The lowest BCUT2D eigenvalue weighted by Gasteiger charge is -2.21. The minimum atomic E-state index is -0.522. The standard InChI is InChI=1S/C11H19N3O4/c1-12-11(17)13-9(15)5-7-14-6-3-4-8(14)10(16)18-2/h8H,3-7H2,1-2H3,(H2,12,13,15,17). The zero-order valence-corrected chi connectivity index (χ0v) is 10.7. The van der Waals surface area contributed by atoms with Gasteiger partial charge in [0.1, 0.15) is 6.04 Å². The van der Waals surface area contributed by atoms with Crippen LogP contribution in [-0.4, -0.2) is 56.1 Å². The van der Waals surface area contributed by atoms with E-state index in [-0.39, 0.29) is 24.3 Å². The fraction of sp³-hybridized carbons (Fsp3) is 0.727. The zero-order chi connectivity index (χ0) is 13.5. The van der Waals surface area contributed by atoms with E-state index in [9.17, 15) is 14.4 Å². The molecule has 0 aromatic rings. The third-order valence-corrected chi connectivity index (χ3v) is 2.94. The maximum atomic E-state index is 11.5. The first kappa shape index (κ1) is 14.4. The molecule has 1 rings (SSSR count). The minimum absolute atomic E-state index is 0.181. The number of likely N-dealkylation sites (tertiary alicyclic amines) is 1. The molecule has 1 aliphatic rings. The number of imide groups is 1. The molecular weight excluding hydrogens is 238 g/mol. The molecule has 1 fully saturated rings. The molecule has 18 heavy (non-hydrogen) atoms. The number of nitrogens with zero attached hydrogens (tertiary/aromatic N) is 1. The Balaban J connectivity index is 2.36. The van der Waals surface area contributed by atoms with Crippen LogP contribution < -0.4 is 10.6 Å². The predicted octanol–water partition coefficient (Wildman–Crippen LogP) is -0.530. The van der Waals surface area contributed by atoms with Gasteiger partial charge >= 0.3 is 12.0 Å². The Bertz CT molecular complexity index is 332. The second-order valence-corrected chi connectivity index (χ2v) is 4.09. The van der Waals surface area contributed by atoms with Crippen molar-refractivity contribution in [3.63, 3.8) is 0 Å².